The Hall–Kier alpha value is -2.76. The van der Waals surface area contributed by atoms with Crippen molar-refractivity contribution in [3.8, 4) is 0 Å². The molecule has 29 heavy (non-hydrogen) atoms. The van der Waals surface area contributed by atoms with Crippen LogP contribution in [0.1, 0.15) is 27.0 Å². The molecule has 3 aromatic carbocycles. The average Bonchev–Trinajstić information content (AvgIpc) is 3.14. The molecule has 3 nitrogen and oxygen atoms in total. The highest BCUT2D eigenvalue weighted by Crippen LogP contribution is 2.34. The molecule has 0 saturated carbocycles. The van der Waals surface area contributed by atoms with E-state index in [4.69, 9.17) is 16.6 Å². The van der Waals surface area contributed by atoms with Gasteiger partial charge < -0.3 is 0 Å². The SMILES string of the molecule is Cc1ccc2sc(N(Cc3ccccc3)C(=O)c3ccc(F)cc3Cl)nc2c1C. The summed E-state index contributed by atoms with van der Waals surface area (Å²) < 4.78 is 14.5. The second-order valence-corrected chi connectivity index (χ2v) is 8.27. The Morgan fingerprint density at radius 2 is 1.86 bits per heavy atom. The molecule has 0 bridgehead atoms. The van der Waals surface area contributed by atoms with E-state index < -0.39 is 5.82 Å². The molecule has 0 N–H and O–H groups in total. The van der Waals surface area contributed by atoms with Gasteiger partial charge in [0, 0.05) is 0 Å². The van der Waals surface area contributed by atoms with Crippen LogP contribution in [-0.4, -0.2) is 10.9 Å². The molecule has 0 aliphatic heterocycles. The van der Waals surface area contributed by atoms with Gasteiger partial charge in [0.05, 0.1) is 27.3 Å². The number of hydrogen-bond donors (Lipinski definition) is 0. The fourth-order valence-corrected chi connectivity index (χ4v) is 4.40. The number of fused-ring (bicyclic) bond motifs is 1. The van der Waals surface area contributed by atoms with Crippen LogP contribution in [0, 0.1) is 19.7 Å². The number of aryl methyl sites for hydroxylation is 2. The van der Waals surface area contributed by atoms with Crippen molar-refractivity contribution >= 4 is 44.2 Å². The molecule has 0 radical (unpaired) electrons. The molecule has 0 unspecified atom stereocenters. The van der Waals surface area contributed by atoms with Gasteiger partial charge in [-0.3, -0.25) is 9.69 Å². The van der Waals surface area contributed by atoms with Crippen molar-refractivity contribution in [2.75, 3.05) is 4.90 Å². The number of carbonyl (C=O) groups excluding carboxylic acids is 1. The molecule has 1 heterocycles. The van der Waals surface area contributed by atoms with Gasteiger partial charge in [-0.25, -0.2) is 9.37 Å². The summed E-state index contributed by atoms with van der Waals surface area (Å²) in [5.74, 6) is -0.792. The first-order valence-corrected chi connectivity index (χ1v) is 10.3. The maximum atomic E-state index is 13.5. The van der Waals surface area contributed by atoms with E-state index in [0.29, 0.717) is 11.7 Å². The summed E-state index contributed by atoms with van der Waals surface area (Å²) in [6.45, 7) is 4.41. The Morgan fingerprint density at radius 1 is 1.10 bits per heavy atom. The Kier molecular flexibility index (Phi) is 5.35. The van der Waals surface area contributed by atoms with Crippen LogP contribution in [0.2, 0.25) is 5.02 Å². The molecule has 0 aliphatic rings. The van der Waals surface area contributed by atoms with E-state index >= 15 is 0 Å². The normalized spacial score (nSPS) is 11.0. The standard InChI is InChI=1S/C23H18ClFN2OS/c1-14-8-11-20-21(15(14)2)26-23(29-20)27(13-16-6-4-3-5-7-16)22(28)18-10-9-17(25)12-19(18)24/h3-12H,13H2,1-2H3. The summed E-state index contributed by atoms with van der Waals surface area (Å²) in [5, 5.41) is 0.671. The first-order chi connectivity index (χ1) is 13.9. The molecule has 0 aliphatic carbocycles. The molecular weight excluding hydrogens is 407 g/mol. The third kappa shape index (κ3) is 3.88. The van der Waals surface area contributed by atoms with Gasteiger partial charge in [-0.2, -0.15) is 0 Å². The molecule has 146 valence electrons. The lowest BCUT2D eigenvalue weighted by molar-refractivity contribution is 0.0985. The van der Waals surface area contributed by atoms with Crippen LogP contribution in [0.15, 0.2) is 60.7 Å². The van der Waals surface area contributed by atoms with Crippen LogP contribution in [-0.2, 0) is 6.54 Å². The number of carbonyl (C=O) groups is 1. The van der Waals surface area contributed by atoms with Gasteiger partial charge in [0.25, 0.3) is 5.91 Å². The highest BCUT2D eigenvalue weighted by molar-refractivity contribution is 7.22. The predicted octanol–water partition coefficient (Wildman–Crippen LogP) is 6.55. The Labute approximate surface area is 177 Å². The zero-order valence-corrected chi connectivity index (χ0v) is 17.5. The maximum Gasteiger partial charge on any atom is 0.261 e. The molecular formula is C23H18ClFN2OS. The van der Waals surface area contributed by atoms with Crippen molar-refractivity contribution in [2.24, 2.45) is 0 Å². The highest BCUT2D eigenvalue weighted by Gasteiger charge is 2.24. The third-order valence-electron chi connectivity index (χ3n) is 4.89. The molecule has 0 spiro atoms. The van der Waals surface area contributed by atoms with E-state index in [9.17, 15) is 9.18 Å². The number of anilines is 1. The van der Waals surface area contributed by atoms with Crippen LogP contribution in [0.4, 0.5) is 9.52 Å². The number of halogens is 2. The van der Waals surface area contributed by atoms with E-state index in [1.807, 2.05) is 50.2 Å². The minimum absolute atomic E-state index is 0.0844. The van der Waals surface area contributed by atoms with E-state index in [2.05, 4.69) is 6.07 Å². The van der Waals surface area contributed by atoms with Crippen molar-refractivity contribution < 1.29 is 9.18 Å². The monoisotopic (exact) mass is 424 g/mol. The van der Waals surface area contributed by atoms with Crippen molar-refractivity contribution in [1.82, 2.24) is 4.98 Å². The van der Waals surface area contributed by atoms with Crippen molar-refractivity contribution in [3.05, 3.63) is 93.8 Å². The molecule has 6 heteroatoms. The number of amides is 1. The van der Waals surface area contributed by atoms with Gasteiger partial charge in [-0.1, -0.05) is 59.3 Å². The molecule has 0 atom stereocenters. The van der Waals surface area contributed by atoms with Crippen molar-refractivity contribution in [2.45, 2.75) is 20.4 Å². The molecule has 4 aromatic rings. The van der Waals surface area contributed by atoms with Gasteiger partial charge in [-0.15, -0.1) is 0 Å². The summed E-state index contributed by atoms with van der Waals surface area (Å²) in [5.41, 5.74) is 4.34. The molecule has 1 aromatic heterocycles. The van der Waals surface area contributed by atoms with Crippen molar-refractivity contribution in [3.63, 3.8) is 0 Å². The van der Waals surface area contributed by atoms with Crippen LogP contribution < -0.4 is 4.90 Å². The minimum atomic E-state index is -0.479. The van der Waals surface area contributed by atoms with E-state index in [1.165, 1.54) is 23.5 Å². The predicted molar refractivity (Wildman–Crippen MR) is 117 cm³/mol. The molecule has 0 saturated heterocycles. The number of nitrogens with zero attached hydrogens (tertiary/aromatic N) is 2. The van der Waals surface area contributed by atoms with Crippen LogP contribution in [0.5, 0.6) is 0 Å². The minimum Gasteiger partial charge on any atom is -0.279 e. The topological polar surface area (TPSA) is 33.2 Å². The zero-order chi connectivity index (χ0) is 20.5. The zero-order valence-electron chi connectivity index (χ0n) is 15.9. The Morgan fingerprint density at radius 3 is 2.59 bits per heavy atom. The summed E-state index contributed by atoms with van der Waals surface area (Å²) in [6, 6.07) is 17.6. The lowest BCUT2D eigenvalue weighted by Crippen LogP contribution is -2.30. The third-order valence-corrected chi connectivity index (χ3v) is 6.25. The number of aromatic nitrogens is 1. The number of benzene rings is 3. The molecule has 1 amide bonds. The second-order valence-electron chi connectivity index (χ2n) is 6.85. The first-order valence-electron chi connectivity index (χ1n) is 9.11. The van der Waals surface area contributed by atoms with Gasteiger partial charge in [0.2, 0.25) is 0 Å². The van der Waals surface area contributed by atoms with E-state index in [1.54, 1.807) is 4.90 Å². The fraction of sp³-hybridized carbons (Fsp3) is 0.130. The smallest absolute Gasteiger partial charge is 0.261 e. The molecule has 4 rings (SSSR count). The quantitative estimate of drug-likeness (QED) is 0.372. The lowest BCUT2D eigenvalue weighted by Gasteiger charge is -2.20. The van der Waals surface area contributed by atoms with Crippen LogP contribution in [0.3, 0.4) is 0 Å². The summed E-state index contributed by atoms with van der Waals surface area (Å²) in [6.07, 6.45) is 0. The first kappa shape index (κ1) is 19.6. The Balaban J connectivity index is 1.82. The highest BCUT2D eigenvalue weighted by atomic mass is 35.5. The Bertz CT molecular complexity index is 1210. The van der Waals surface area contributed by atoms with E-state index in [0.717, 1.165) is 33.0 Å². The summed E-state index contributed by atoms with van der Waals surface area (Å²) in [7, 11) is 0. The number of thiazole rings is 1. The van der Waals surface area contributed by atoms with Crippen molar-refractivity contribution in [1.29, 1.82) is 0 Å². The van der Waals surface area contributed by atoms with Crippen LogP contribution in [0.25, 0.3) is 10.2 Å². The van der Waals surface area contributed by atoms with Gasteiger partial charge in [-0.05, 0) is 54.8 Å². The summed E-state index contributed by atoms with van der Waals surface area (Å²) in [4.78, 5) is 19.8. The van der Waals surface area contributed by atoms with E-state index in [-0.39, 0.29) is 16.5 Å². The molecule has 0 fully saturated rings. The van der Waals surface area contributed by atoms with Gasteiger partial charge in [0.15, 0.2) is 5.13 Å². The average molecular weight is 425 g/mol. The summed E-state index contributed by atoms with van der Waals surface area (Å²) >= 11 is 7.64. The second kappa shape index (κ2) is 7.93. The number of rotatable bonds is 4. The largest absolute Gasteiger partial charge is 0.279 e. The maximum absolute atomic E-state index is 13.5. The van der Waals surface area contributed by atoms with Gasteiger partial charge in [0.1, 0.15) is 5.82 Å². The number of hydrogen-bond acceptors (Lipinski definition) is 3. The van der Waals surface area contributed by atoms with Crippen LogP contribution >= 0.6 is 22.9 Å². The fourth-order valence-electron chi connectivity index (χ4n) is 3.13. The van der Waals surface area contributed by atoms with Gasteiger partial charge >= 0.3 is 0 Å². The lowest BCUT2D eigenvalue weighted by atomic mass is 10.1.